The Morgan fingerprint density at radius 2 is 1.66 bits per heavy atom. The molecule has 0 bridgehead atoms. The van der Waals surface area contributed by atoms with Crippen molar-refractivity contribution < 1.29 is 18.1 Å². The number of nitro groups is 1. The second-order valence-corrected chi connectivity index (χ2v) is 8.00. The lowest BCUT2D eigenvalue weighted by Gasteiger charge is -2.11. The Morgan fingerprint density at radius 3 is 2.34 bits per heavy atom. The molecule has 0 heterocycles. The van der Waals surface area contributed by atoms with Crippen LogP contribution in [0.25, 0.3) is 0 Å². The highest BCUT2D eigenvalue weighted by Crippen LogP contribution is 2.22. The Bertz CT molecular complexity index is 1070. The summed E-state index contributed by atoms with van der Waals surface area (Å²) in [5, 5.41) is 10.7. The van der Waals surface area contributed by atoms with Crippen LogP contribution >= 0.6 is 0 Å². The molecule has 0 aliphatic heterocycles. The molecule has 0 atom stereocenters. The van der Waals surface area contributed by atoms with E-state index in [-0.39, 0.29) is 10.6 Å². The maximum Gasteiger partial charge on any atom is 0.269 e. The average molecular weight is 412 g/mol. The Labute approximate surface area is 169 Å². The maximum atomic E-state index is 12.5. The lowest BCUT2D eigenvalue weighted by molar-refractivity contribution is -0.384. The molecule has 0 spiro atoms. The molecule has 0 aliphatic rings. The summed E-state index contributed by atoms with van der Waals surface area (Å²) in [6, 6.07) is 21.5. The third-order valence-corrected chi connectivity index (χ3v) is 5.56. The van der Waals surface area contributed by atoms with Crippen molar-refractivity contribution in [3.05, 3.63) is 94.5 Å². The van der Waals surface area contributed by atoms with Gasteiger partial charge in [-0.25, -0.2) is 8.42 Å². The Hall–Kier alpha value is -3.39. The Morgan fingerprint density at radius 1 is 0.931 bits per heavy atom. The minimum Gasteiger partial charge on any atom is -0.494 e. The highest BCUT2D eigenvalue weighted by atomic mass is 32.2. The molecule has 0 aliphatic carbocycles. The molecule has 0 saturated carbocycles. The summed E-state index contributed by atoms with van der Waals surface area (Å²) < 4.78 is 33.2. The van der Waals surface area contributed by atoms with E-state index >= 15 is 0 Å². The van der Waals surface area contributed by atoms with E-state index in [1.165, 1.54) is 17.7 Å². The fraction of sp³-hybridized carbons (Fsp3) is 0.143. The van der Waals surface area contributed by atoms with Crippen LogP contribution in [0.15, 0.2) is 83.8 Å². The molecule has 0 aromatic heterocycles. The summed E-state index contributed by atoms with van der Waals surface area (Å²) in [5.41, 5.74) is 1.42. The SMILES string of the molecule is O=[N+]([O-])c1ccc(S(=O)(=O)Nc2cccc(OCCCc3ccccc3)c2)cc1. The monoisotopic (exact) mass is 412 g/mol. The summed E-state index contributed by atoms with van der Waals surface area (Å²) >= 11 is 0. The third kappa shape index (κ3) is 5.79. The Kier molecular flexibility index (Phi) is 6.46. The topological polar surface area (TPSA) is 98.5 Å². The average Bonchev–Trinajstić information content (AvgIpc) is 2.72. The molecule has 8 heteroatoms. The van der Waals surface area contributed by atoms with Gasteiger partial charge >= 0.3 is 0 Å². The largest absolute Gasteiger partial charge is 0.494 e. The van der Waals surface area contributed by atoms with Crippen molar-refractivity contribution in [1.82, 2.24) is 0 Å². The number of anilines is 1. The van der Waals surface area contributed by atoms with Gasteiger partial charge in [0.15, 0.2) is 0 Å². The van der Waals surface area contributed by atoms with Gasteiger partial charge in [0.25, 0.3) is 15.7 Å². The maximum absolute atomic E-state index is 12.5. The van der Waals surface area contributed by atoms with E-state index in [9.17, 15) is 18.5 Å². The second kappa shape index (κ2) is 9.20. The molecule has 0 fully saturated rings. The van der Waals surface area contributed by atoms with Gasteiger partial charge in [-0.05, 0) is 42.7 Å². The molecule has 1 N–H and O–H groups in total. The minimum absolute atomic E-state index is 0.0581. The van der Waals surface area contributed by atoms with Gasteiger partial charge in [0, 0.05) is 18.2 Å². The standard InChI is InChI=1S/C21H20N2O5S/c24-23(25)19-11-13-21(14-12-19)29(26,27)22-18-9-4-10-20(16-18)28-15-5-8-17-6-2-1-3-7-17/h1-4,6-7,9-14,16,22H,5,8,15H2. The van der Waals surface area contributed by atoms with E-state index in [1.807, 2.05) is 18.2 Å². The molecular weight excluding hydrogens is 392 g/mol. The predicted molar refractivity (Wildman–Crippen MR) is 111 cm³/mol. The van der Waals surface area contributed by atoms with Crippen molar-refractivity contribution in [2.24, 2.45) is 0 Å². The van der Waals surface area contributed by atoms with Crippen LogP contribution in [0, 0.1) is 10.1 Å². The summed E-state index contributed by atoms with van der Waals surface area (Å²) in [4.78, 5) is 10.1. The summed E-state index contributed by atoms with van der Waals surface area (Å²) in [6.45, 7) is 0.507. The highest BCUT2D eigenvalue weighted by molar-refractivity contribution is 7.92. The van der Waals surface area contributed by atoms with Crippen LogP contribution < -0.4 is 9.46 Å². The highest BCUT2D eigenvalue weighted by Gasteiger charge is 2.16. The van der Waals surface area contributed by atoms with E-state index in [0.717, 1.165) is 25.0 Å². The quantitative estimate of drug-likeness (QED) is 0.319. The van der Waals surface area contributed by atoms with Crippen molar-refractivity contribution in [3.63, 3.8) is 0 Å². The van der Waals surface area contributed by atoms with Gasteiger partial charge in [-0.2, -0.15) is 0 Å². The molecule has 3 aromatic carbocycles. The van der Waals surface area contributed by atoms with E-state index in [4.69, 9.17) is 4.74 Å². The van der Waals surface area contributed by atoms with Crippen molar-refractivity contribution >= 4 is 21.4 Å². The fourth-order valence-corrected chi connectivity index (χ4v) is 3.77. The molecule has 3 rings (SSSR count). The first-order chi connectivity index (χ1) is 13.9. The van der Waals surface area contributed by atoms with E-state index in [2.05, 4.69) is 16.9 Å². The van der Waals surface area contributed by atoms with Crippen LogP contribution in [-0.4, -0.2) is 19.9 Å². The van der Waals surface area contributed by atoms with Gasteiger partial charge in [-0.3, -0.25) is 14.8 Å². The smallest absolute Gasteiger partial charge is 0.269 e. The minimum atomic E-state index is -3.86. The molecule has 3 aromatic rings. The Balaban J connectivity index is 1.59. The van der Waals surface area contributed by atoms with Crippen LogP contribution in [-0.2, 0) is 16.4 Å². The molecule has 0 amide bonds. The number of sulfonamides is 1. The third-order valence-electron chi connectivity index (χ3n) is 4.17. The van der Waals surface area contributed by atoms with E-state index < -0.39 is 14.9 Å². The first-order valence-electron chi connectivity index (χ1n) is 8.98. The first kappa shape index (κ1) is 20.3. The molecule has 29 heavy (non-hydrogen) atoms. The second-order valence-electron chi connectivity index (χ2n) is 6.32. The number of hydrogen-bond donors (Lipinski definition) is 1. The van der Waals surface area contributed by atoms with Crippen molar-refractivity contribution in [3.8, 4) is 5.75 Å². The number of rotatable bonds is 9. The molecular formula is C21H20N2O5S. The van der Waals surface area contributed by atoms with Gasteiger partial charge in [0.05, 0.1) is 22.1 Å². The lowest BCUT2D eigenvalue weighted by atomic mass is 10.1. The zero-order valence-corrected chi connectivity index (χ0v) is 16.3. The molecule has 7 nitrogen and oxygen atoms in total. The van der Waals surface area contributed by atoms with Crippen molar-refractivity contribution in [1.29, 1.82) is 0 Å². The van der Waals surface area contributed by atoms with Crippen molar-refractivity contribution in [2.75, 3.05) is 11.3 Å². The fourth-order valence-electron chi connectivity index (χ4n) is 2.72. The summed E-state index contributed by atoms with van der Waals surface area (Å²) in [7, 11) is -3.86. The predicted octanol–water partition coefficient (Wildman–Crippen LogP) is 4.41. The first-order valence-corrected chi connectivity index (χ1v) is 10.5. The zero-order valence-electron chi connectivity index (χ0n) is 15.5. The van der Waals surface area contributed by atoms with Crippen LogP contribution in [0.1, 0.15) is 12.0 Å². The van der Waals surface area contributed by atoms with Gasteiger partial charge < -0.3 is 4.74 Å². The number of nitrogens with zero attached hydrogens (tertiary/aromatic N) is 1. The van der Waals surface area contributed by atoms with Gasteiger partial charge in [0.1, 0.15) is 5.75 Å². The van der Waals surface area contributed by atoms with Crippen LogP contribution in [0.2, 0.25) is 0 Å². The number of nitrogens with one attached hydrogen (secondary N) is 1. The number of non-ortho nitro benzene ring substituents is 1. The number of aryl methyl sites for hydroxylation is 1. The molecule has 0 saturated heterocycles. The molecule has 150 valence electrons. The van der Waals surface area contributed by atoms with Crippen molar-refractivity contribution in [2.45, 2.75) is 17.7 Å². The van der Waals surface area contributed by atoms with Crippen LogP contribution in [0.4, 0.5) is 11.4 Å². The molecule has 0 unspecified atom stereocenters. The number of hydrogen-bond acceptors (Lipinski definition) is 5. The lowest BCUT2D eigenvalue weighted by Crippen LogP contribution is -2.13. The summed E-state index contributed by atoms with van der Waals surface area (Å²) in [6.07, 6.45) is 1.73. The van der Waals surface area contributed by atoms with Crippen LogP contribution in [0.3, 0.4) is 0 Å². The summed E-state index contributed by atoms with van der Waals surface area (Å²) in [5.74, 6) is 0.557. The number of nitro benzene ring substituents is 1. The normalized spacial score (nSPS) is 11.0. The number of ether oxygens (including phenoxy) is 1. The van der Waals surface area contributed by atoms with Gasteiger partial charge in [-0.1, -0.05) is 36.4 Å². The zero-order chi connectivity index (χ0) is 20.7. The van der Waals surface area contributed by atoms with Gasteiger partial charge in [0.2, 0.25) is 0 Å². The van der Waals surface area contributed by atoms with Crippen LogP contribution in [0.5, 0.6) is 5.75 Å². The van der Waals surface area contributed by atoms with E-state index in [0.29, 0.717) is 18.0 Å². The molecule has 0 radical (unpaired) electrons. The number of benzene rings is 3. The van der Waals surface area contributed by atoms with Gasteiger partial charge in [-0.15, -0.1) is 0 Å². The van der Waals surface area contributed by atoms with E-state index in [1.54, 1.807) is 24.3 Å².